The zero-order valence-corrected chi connectivity index (χ0v) is 24.3. The van der Waals surface area contributed by atoms with Gasteiger partial charge in [0, 0.05) is 44.3 Å². The van der Waals surface area contributed by atoms with E-state index in [0.29, 0.717) is 26.3 Å². The van der Waals surface area contributed by atoms with Crippen LogP contribution in [0.2, 0.25) is 0 Å². The van der Waals surface area contributed by atoms with E-state index in [9.17, 15) is 9.59 Å². The van der Waals surface area contributed by atoms with Crippen molar-refractivity contribution in [1.82, 2.24) is 14.4 Å². The molecule has 40 heavy (non-hydrogen) atoms. The number of likely N-dealkylation sites (tertiary alicyclic amines) is 1. The van der Waals surface area contributed by atoms with Crippen molar-refractivity contribution in [3.63, 3.8) is 0 Å². The number of nitrogens with zero attached hydrogens (tertiary/aromatic N) is 3. The van der Waals surface area contributed by atoms with E-state index in [2.05, 4.69) is 36.9 Å². The SMILES string of the molecule is Cc1ccc2ccc(=O)n(CC(C)N3CCC(N(Cc4ccc5c(c4)OCCO5)C(=O)OC(C)(C)C)CC3)c2c1. The predicted octanol–water partition coefficient (Wildman–Crippen LogP) is 5.37. The quantitative estimate of drug-likeness (QED) is 0.413. The lowest BCUT2D eigenvalue weighted by atomic mass is 10.0. The van der Waals surface area contributed by atoms with E-state index in [1.807, 2.05) is 54.5 Å². The molecule has 1 atom stereocenters. The number of aryl methyl sites for hydroxylation is 1. The average Bonchev–Trinajstić information content (AvgIpc) is 2.92. The van der Waals surface area contributed by atoms with Crippen molar-refractivity contribution < 1.29 is 19.0 Å². The number of pyridine rings is 1. The topological polar surface area (TPSA) is 73.2 Å². The smallest absolute Gasteiger partial charge is 0.410 e. The van der Waals surface area contributed by atoms with E-state index >= 15 is 0 Å². The number of carbonyl (C=O) groups is 1. The molecule has 1 fully saturated rings. The molecule has 2 aliphatic heterocycles. The second-order valence-electron chi connectivity index (χ2n) is 12.0. The van der Waals surface area contributed by atoms with Crippen LogP contribution in [0.3, 0.4) is 0 Å². The molecular weight excluding hydrogens is 506 g/mol. The Balaban J connectivity index is 1.29. The summed E-state index contributed by atoms with van der Waals surface area (Å²) in [5, 5.41) is 1.07. The fraction of sp³-hybridized carbons (Fsp3) is 0.500. The summed E-state index contributed by atoms with van der Waals surface area (Å²) >= 11 is 0. The van der Waals surface area contributed by atoms with Gasteiger partial charge in [-0.2, -0.15) is 0 Å². The van der Waals surface area contributed by atoms with E-state index < -0.39 is 5.60 Å². The van der Waals surface area contributed by atoms with Gasteiger partial charge < -0.3 is 23.7 Å². The standard InChI is InChI=1S/C32H41N3O5/c1-22-6-8-25-9-11-30(36)35(27(25)18-22)20-23(2)33-14-12-26(13-15-33)34(31(37)40-32(3,4)5)21-24-7-10-28-29(19-24)39-17-16-38-28/h6-11,18-19,23,26H,12-17,20-21H2,1-5H3. The Morgan fingerprint density at radius 1 is 1.02 bits per heavy atom. The maximum Gasteiger partial charge on any atom is 0.410 e. The fourth-order valence-electron chi connectivity index (χ4n) is 5.65. The number of rotatable bonds is 6. The highest BCUT2D eigenvalue weighted by Crippen LogP contribution is 2.32. The number of hydrogen-bond donors (Lipinski definition) is 0. The Labute approximate surface area is 236 Å². The fourth-order valence-corrected chi connectivity index (χ4v) is 5.65. The molecule has 0 spiro atoms. The second kappa shape index (κ2) is 11.5. The van der Waals surface area contributed by atoms with Crippen LogP contribution in [0.4, 0.5) is 4.79 Å². The highest BCUT2D eigenvalue weighted by Gasteiger charge is 2.33. The minimum Gasteiger partial charge on any atom is -0.486 e. The molecule has 8 nitrogen and oxygen atoms in total. The lowest BCUT2D eigenvalue weighted by Crippen LogP contribution is -2.51. The summed E-state index contributed by atoms with van der Waals surface area (Å²) in [6.07, 6.45) is 1.36. The van der Waals surface area contributed by atoms with Crippen molar-refractivity contribution in [3.8, 4) is 11.5 Å². The first kappa shape index (κ1) is 28.0. The van der Waals surface area contributed by atoms with Gasteiger partial charge in [0.15, 0.2) is 11.5 Å². The summed E-state index contributed by atoms with van der Waals surface area (Å²) in [4.78, 5) is 30.5. The zero-order valence-electron chi connectivity index (χ0n) is 24.3. The van der Waals surface area contributed by atoms with E-state index in [-0.39, 0.29) is 23.7 Å². The van der Waals surface area contributed by atoms with Gasteiger partial charge in [-0.1, -0.05) is 18.2 Å². The van der Waals surface area contributed by atoms with Crippen LogP contribution in [0, 0.1) is 6.92 Å². The van der Waals surface area contributed by atoms with E-state index in [4.69, 9.17) is 14.2 Å². The van der Waals surface area contributed by atoms with Gasteiger partial charge in [-0.25, -0.2) is 4.79 Å². The van der Waals surface area contributed by atoms with Crippen molar-refractivity contribution in [2.45, 2.75) is 78.2 Å². The van der Waals surface area contributed by atoms with Crippen LogP contribution in [0.1, 0.15) is 51.7 Å². The maximum atomic E-state index is 13.4. The molecular formula is C32H41N3O5. The molecule has 1 amide bonds. The summed E-state index contributed by atoms with van der Waals surface area (Å²) in [7, 11) is 0. The van der Waals surface area contributed by atoms with Crippen molar-refractivity contribution in [1.29, 1.82) is 0 Å². The van der Waals surface area contributed by atoms with Crippen molar-refractivity contribution in [2.75, 3.05) is 26.3 Å². The lowest BCUT2D eigenvalue weighted by Gasteiger charge is -2.41. The summed E-state index contributed by atoms with van der Waals surface area (Å²) < 4.78 is 19.2. The minimum atomic E-state index is -0.582. The van der Waals surface area contributed by atoms with Gasteiger partial charge in [-0.3, -0.25) is 9.69 Å². The van der Waals surface area contributed by atoms with Crippen molar-refractivity contribution >= 4 is 17.0 Å². The van der Waals surface area contributed by atoms with E-state index in [1.54, 1.807) is 6.07 Å². The number of carbonyl (C=O) groups excluding carboxylic acids is 1. The molecule has 0 radical (unpaired) electrons. The summed E-state index contributed by atoms with van der Waals surface area (Å²) in [5.74, 6) is 1.46. The van der Waals surface area contributed by atoms with Crippen molar-refractivity contribution in [3.05, 3.63) is 70.0 Å². The first-order valence-corrected chi connectivity index (χ1v) is 14.3. The van der Waals surface area contributed by atoms with Gasteiger partial charge in [0.25, 0.3) is 5.56 Å². The van der Waals surface area contributed by atoms with Gasteiger partial charge in [-0.05, 0) is 88.2 Å². The number of hydrogen-bond acceptors (Lipinski definition) is 6. The number of benzene rings is 2. The van der Waals surface area contributed by atoms with Crippen molar-refractivity contribution in [2.24, 2.45) is 0 Å². The third-order valence-electron chi connectivity index (χ3n) is 7.75. The third-order valence-corrected chi connectivity index (χ3v) is 7.75. The van der Waals surface area contributed by atoms with Gasteiger partial charge in [0.2, 0.25) is 0 Å². The average molecular weight is 548 g/mol. The second-order valence-corrected chi connectivity index (χ2v) is 12.0. The molecule has 214 valence electrons. The Morgan fingerprint density at radius 3 is 2.45 bits per heavy atom. The van der Waals surface area contributed by atoms with Crippen LogP contribution < -0.4 is 15.0 Å². The highest BCUT2D eigenvalue weighted by molar-refractivity contribution is 5.79. The normalized spacial score (nSPS) is 17.0. The maximum absolute atomic E-state index is 13.4. The molecule has 3 heterocycles. The number of aromatic nitrogens is 1. The minimum absolute atomic E-state index is 0.0235. The third kappa shape index (κ3) is 6.44. The highest BCUT2D eigenvalue weighted by atomic mass is 16.6. The molecule has 8 heteroatoms. The molecule has 2 aromatic carbocycles. The van der Waals surface area contributed by atoms with Crippen LogP contribution in [0.5, 0.6) is 11.5 Å². The Bertz CT molecular complexity index is 1420. The largest absolute Gasteiger partial charge is 0.486 e. The van der Waals surface area contributed by atoms with E-state index in [1.165, 1.54) is 0 Å². The number of amides is 1. The predicted molar refractivity (Wildman–Crippen MR) is 156 cm³/mol. The van der Waals surface area contributed by atoms with Gasteiger partial charge in [-0.15, -0.1) is 0 Å². The summed E-state index contributed by atoms with van der Waals surface area (Å²) in [6, 6.07) is 15.9. The van der Waals surface area contributed by atoms with Crippen LogP contribution in [-0.2, 0) is 17.8 Å². The molecule has 3 aromatic rings. The Kier molecular flexibility index (Phi) is 8.08. The number of fused-ring (bicyclic) bond motifs is 2. The summed E-state index contributed by atoms with van der Waals surface area (Å²) in [6.45, 7) is 13.7. The molecule has 1 saturated heterocycles. The lowest BCUT2D eigenvalue weighted by molar-refractivity contribution is 0.00338. The summed E-state index contributed by atoms with van der Waals surface area (Å²) in [5.41, 5.74) is 2.54. The molecule has 2 aliphatic rings. The Morgan fingerprint density at radius 2 is 1.73 bits per heavy atom. The molecule has 1 aromatic heterocycles. The molecule has 5 rings (SSSR count). The van der Waals surface area contributed by atoms with E-state index in [0.717, 1.165) is 59.5 Å². The molecule has 1 unspecified atom stereocenters. The molecule has 0 bridgehead atoms. The van der Waals surface area contributed by atoms with Crippen LogP contribution >= 0.6 is 0 Å². The van der Waals surface area contributed by atoms with Crippen LogP contribution in [0.25, 0.3) is 10.9 Å². The van der Waals surface area contributed by atoms with Gasteiger partial charge >= 0.3 is 6.09 Å². The van der Waals surface area contributed by atoms with Gasteiger partial charge in [0.05, 0.1) is 5.52 Å². The monoisotopic (exact) mass is 547 g/mol. The molecule has 0 saturated carbocycles. The molecule has 0 N–H and O–H groups in total. The van der Waals surface area contributed by atoms with Crippen LogP contribution in [0.15, 0.2) is 53.3 Å². The van der Waals surface area contributed by atoms with Crippen LogP contribution in [-0.4, -0.2) is 64.4 Å². The molecule has 0 aliphatic carbocycles. The number of piperidine rings is 1. The zero-order chi connectivity index (χ0) is 28.4. The first-order chi connectivity index (χ1) is 19.1. The number of ether oxygens (including phenoxy) is 3. The Hall–Kier alpha value is -3.52. The first-order valence-electron chi connectivity index (χ1n) is 14.3. The van der Waals surface area contributed by atoms with Gasteiger partial charge in [0.1, 0.15) is 18.8 Å².